The van der Waals surface area contributed by atoms with Crippen molar-refractivity contribution in [1.82, 2.24) is 5.43 Å². The summed E-state index contributed by atoms with van der Waals surface area (Å²) in [7, 11) is 0. The van der Waals surface area contributed by atoms with Crippen molar-refractivity contribution in [2.75, 3.05) is 0 Å². The van der Waals surface area contributed by atoms with Crippen molar-refractivity contribution in [1.29, 1.82) is 0 Å². The molecule has 2 aromatic rings. The van der Waals surface area contributed by atoms with Gasteiger partial charge in [-0.05, 0) is 29.8 Å². The third-order valence-electron chi connectivity index (χ3n) is 3.08. The number of carbonyl (C=O) groups excluding carboxylic acids is 1. The average molecular weight is 331 g/mol. The first-order valence-electron chi connectivity index (χ1n) is 6.96. The van der Waals surface area contributed by atoms with Crippen molar-refractivity contribution in [3.63, 3.8) is 0 Å². The highest BCUT2D eigenvalue weighted by Crippen LogP contribution is 2.10. The molecule has 0 bridgehead atoms. The van der Waals surface area contributed by atoms with Gasteiger partial charge in [0.2, 0.25) is 0 Å². The molecular weight excluding hydrogens is 316 g/mol. The molecule has 0 aromatic heterocycles. The number of nitrogens with one attached hydrogen (secondary N) is 1. The van der Waals surface area contributed by atoms with Crippen molar-refractivity contribution in [3.8, 4) is 0 Å². The molecule has 2 rings (SSSR count). The number of hydrogen-bond acceptors (Lipinski definition) is 3. The Hall–Kier alpha value is -2.66. The smallest absolute Gasteiger partial charge is 0.303 e. The number of carbonyl (C=O) groups is 2. The van der Waals surface area contributed by atoms with Crippen LogP contribution >= 0.6 is 11.6 Å². The van der Waals surface area contributed by atoms with E-state index in [2.05, 4.69) is 10.5 Å². The lowest BCUT2D eigenvalue weighted by Crippen LogP contribution is -2.20. The molecule has 1 amide bonds. The molecule has 0 heterocycles. The molecule has 0 atom stereocenters. The third-order valence-corrected chi connectivity index (χ3v) is 3.33. The Kier molecular flexibility index (Phi) is 5.88. The molecule has 23 heavy (non-hydrogen) atoms. The van der Waals surface area contributed by atoms with Gasteiger partial charge < -0.3 is 5.11 Å². The first-order chi connectivity index (χ1) is 11.1. The normalized spacial score (nSPS) is 11.1. The summed E-state index contributed by atoms with van der Waals surface area (Å²) >= 11 is 5.78. The molecule has 0 aliphatic rings. The van der Waals surface area contributed by atoms with E-state index < -0.39 is 5.97 Å². The second-order valence-electron chi connectivity index (χ2n) is 4.77. The highest BCUT2D eigenvalue weighted by Gasteiger charge is 2.09. The number of carboxylic acids is 1. The predicted molar refractivity (Wildman–Crippen MR) is 88.8 cm³/mol. The summed E-state index contributed by atoms with van der Waals surface area (Å²) in [5.74, 6) is -1.30. The molecule has 0 aliphatic heterocycles. The van der Waals surface area contributed by atoms with Crippen molar-refractivity contribution in [2.24, 2.45) is 5.10 Å². The van der Waals surface area contributed by atoms with E-state index in [0.717, 1.165) is 5.56 Å². The first kappa shape index (κ1) is 16.7. The Bertz CT molecular complexity index is 712. The summed E-state index contributed by atoms with van der Waals surface area (Å²) in [6.45, 7) is 0. The number of amides is 1. The Balaban J connectivity index is 2.14. The minimum Gasteiger partial charge on any atom is -0.481 e. The molecule has 2 N–H and O–H groups in total. The number of nitrogens with zero attached hydrogens (tertiary/aromatic N) is 1. The second-order valence-corrected chi connectivity index (χ2v) is 5.20. The summed E-state index contributed by atoms with van der Waals surface area (Å²) in [5.41, 5.74) is 4.15. The fraction of sp³-hybridized carbons (Fsp3) is 0.118. The van der Waals surface area contributed by atoms with Crippen LogP contribution in [0.15, 0.2) is 59.7 Å². The van der Waals surface area contributed by atoms with E-state index in [9.17, 15) is 9.59 Å². The van der Waals surface area contributed by atoms with Crippen molar-refractivity contribution < 1.29 is 14.7 Å². The molecule has 6 heteroatoms. The summed E-state index contributed by atoms with van der Waals surface area (Å²) in [6.07, 6.45) is 0.158. The molecule has 0 saturated heterocycles. The molecular formula is C17H15ClN2O3. The van der Waals surface area contributed by atoms with Gasteiger partial charge in [-0.1, -0.05) is 41.9 Å². The van der Waals surface area contributed by atoms with Gasteiger partial charge >= 0.3 is 5.97 Å². The zero-order valence-corrected chi connectivity index (χ0v) is 13.0. The van der Waals surface area contributed by atoms with Gasteiger partial charge in [-0.3, -0.25) is 9.59 Å². The molecule has 0 spiro atoms. The van der Waals surface area contributed by atoms with Crippen LogP contribution in [-0.2, 0) is 4.79 Å². The highest BCUT2D eigenvalue weighted by atomic mass is 35.5. The van der Waals surface area contributed by atoms with Gasteiger partial charge in [-0.15, -0.1) is 0 Å². The van der Waals surface area contributed by atoms with Gasteiger partial charge in [0.15, 0.2) is 0 Å². The third kappa shape index (κ3) is 5.23. The van der Waals surface area contributed by atoms with Crippen LogP contribution in [0.5, 0.6) is 0 Å². The van der Waals surface area contributed by atoms with Crippen LogP contribution in [0.25, 0.3) is 0 Å². The summed E-state index contributed by atoms with van der Waals surface area (Å²) < 4.78 is 0. The number of halogens is 1. The van der Waals surface area contributed by atoms with E-state index >= 15 is 0 Å². The van der Waals surface area contributed by atoms with Gasteiger partial charge in [0.25, 0.3) is 5.91 Å². The fourth-order valence-corrected chi connectivity index (χ4v) is 2.03. The maximum Gasteiger partial charge on any atom is 0.303 e. The zero-order valence-electron chi connectivity index (χ0n) is 12.2. The molecule has 0 aliphatic carbocycles. The lowest BCUT2D eigenvalue weighted by molar-refractivity contribution is -0.136. The Morgan fingerprint density at radius 1 is 0.957 bits per heavy atom. The Morgan fingerprint density at radius 2 is 1.61 bits per heavy atom. The Labute approximate surface area is 138 Å². The van der Waals surface area contributed by atoms with Crippen molar-refractivity contribution in [3.05, 3.63) is 70.7 Å². The summed E-state index contributed by atoms with van der Waals surface area (Å²) in [6, 6.07) is 15.5. The van der Waals surface area contributed by atoms with E-state index in [1.165, 1.54) is 0 Å². The lowest BCUT2D eigenvalue weighted by atomic mass is 10.1. The molecule has 0 unspecified atom stereocenters. The van der Waals surface area contributed by atoms with Crippen LogP contribution in [0, 0.1) is 0 Å². The zero-order chi connectivity index (χ0) is 16.7. The minimum absolute atomic E-state index is 0.0649. The maximum absolute atomic E-state index is 12.1. The molecule has 2 aromatic carbocycles. The second kappa shape index (κ2) is 8.10. The van der Waals surface area contributed by atoms with Crippen molar-refractivity contribution >= 4 is 29.2 Å². The van der Waals surface area contributed by atoms with Crippen LogP contribution in [0.4, 0.5) is 0 Å². The van der Waals surface area contributed by atoms with Crippen LogP contribution in [-0.4, -0.2) is 22.7 Å². The molecule has 5 nitrogen and oxygen atoms in total. The van der Waals surface area contributed by atoms with E-state index in [-0.39, 0.29) is 18.7 Å². The minimum atomic E-state index is -0.919. The van der Waals surface area contributed by atoms with E-state index in [1.54, 1.807) is 24.3 Å². The first-order valence-corrected chi connectivity index (χ1v) is 7.34. The highest BCUT2D eigenvalue weighted by molar-refractivity contribution is 6.30. The summed E-state index contributed by atoms with van der Waals surface area (Å²) in [4.78, 5) is 22.8. The standard InChI is InChI=1S/C17H15ClN2O3/c18-14-8-6-13(7-9-14)17(23)20-19-15(10-11-16(21)22)12-4-2-1-3-5-12/h1-9H,10-11H2,(H,20,23)(H,21,22). The predicted octanol–water partition coefficient (Wildman–Crippen LogP) is 3.34. The molecule has 0 radical (unpaired) electrons. The van der Waals surface area contributed by atoms with Gasteiger partial charge in [-0.25, -0.2) is 5.43 Å². The molecule has 0 saturated carbocycles. The van der Waals surface area contributed by atoms with Crippen LogP contribution in [0.3, 0.4) is 0 Å². The van der Waals surface area contributed by atoms with Gasteiger partial charge in [0.05, 0.1) is 12.1 Å². The number of hydrazone groups is 1. The fourth-order valence-electron chi connectivity index (χ4n) is 1.90. The van der Waals surface area contributed by atoms with Gasteiger partial charge in [0, 0.05) is 17.0 Å². The number of benzene rings is 2. The van der Waals surface area contributed by atoms with Crippen molar-refractivity contribution in [2.45, 2.75) is 12.8 Å². The van der Waals surface area contributed by atoms with E-state index in [0.29, 0.717) is 16.3 Å². The number of rotatable bonds is 6. The Morgan fingerprint density at radius 3 is 2.22 bits per heavy atom. The largest absolute Gasteiger partial charge is 0.481 e. The van der Waals surface area contributed by atoms with Crippen LogP contribution < -0.4 is 5.43 Å². The quantitative estimate of drug-likeness (QED) is 0.629. The number of aliphatic carboxylic acids is 1. The number of hydrogen-bond donors (Lipinski definition) is 2. The SMILES string of the molecule is O=C(O)CCC(=NNC(=O)c1ccc(Cl)cc1)c1ccccc1. The van der Waals surface area contributed by atoms with Gasteiger partial charge in [0.1, 0.15) is 0 Å². The van der Waals surface area contributed by atoms with E-state index in [1.807, 2.05) is 30.3 Å². The average Bonchev–Trinajstić information content (AvgIpc) is 2.56. The number of carboxylic acid groups (broad SMARTS) is 1. The molecule has 0 fully saturated rings. The van der Waals surface area contributed by atoms with Crippen LogP contribution in [0.1, 0.15) is 28.8 Å². The topological polar surface area (TPSA) is 78.8 Å². The molecule has 118 valence electrons. The monoisotopic (exact) mass is 330 g/mol. The lowest BCUT2D eigenvalue weighted by Gasteiger charge is -2.06. The van der Waals surface area contributed by atoms with E-state index in [4.69, 9.17) is 16.7 Å². The summed E-state index contributed by atoms with van der Waals surface area (Å²) in [5, 5.41) is 13.5. The van der Waals surface area contributed by atoms with Gasteiger partial charge in [-0.2, -0.15) is 5.10 Å². The van der Waals surface area contributed by atoms with Crippen LogP contribution in [0.2, 0.25) is 5.02 Å². The maximum atomic E-state index is 12.1.